The molecule has 2 aromatic carbocycles. The van der Waals surface area contributed by atoms with E-state index in [1.54, 1.807) is 0 Å². The summed E-state index contributed by atoms with van der Waals surface area (Å²) < 4.78 is 7.96. The summed E-state index contributed by atoms with van der Waals surface area (Å²) in [7, 11) is 0. The van der Waals surface area contributed by atoms with E-state index >= 15 is 0 Å². The molecule has 1 aromatic heterocycles. The number of aromatic nitrogens is 3. The van der Waals surface area contributed by atoms with Crippen LogP contribution in [0.2, 0.25) is 0 Å². The minimum Gasteiger partial charge on any atom is -0.483 e. The molecule has 1 unspecified atom stereocenters. The summed E-state index contributed by atoms with van der Waals surface area (Å²) in [6, 6.07) is 17.5. The Hall–Kier alpha value is -2.80. The Kier molecular flexibility index (Phi) is 7.30. The van der Waals surface area contributed by atoms with Gasteiger partial charge < -0.3 is 14.6 Å². The van der Waals surface area contributed by atoms with Crippen LogP contribution in [0.3, 0.4) is 0 Å². The first kappa shape index (κ1) is 20.9. The molecule has 1 heterocycles. The van der Waals surface area contributed by atoms with Crippen molar-refractivity contribution < 1.29 is 9.53 Å². The van der Waals surface area contributed by atoms with Gasteiger partial charge in [0, 0.05) is 12.2 Å². The third-order valence-electron chi connectivity index (χ3n) is 4.46. The standard InChI is InChI=1S/C22H26N4O2S/c1-4-17-11-13-18(14-12-17)23-20(27)15-29-22-25-24-21(26(22)5-2)16(3)28-19-9-7-6-8-10-19/h6-14,16H,4-5,15H2,1-3H3,(H,23,27). The van der Waals surface area contributed by atoms with Gasteiger partial charge in [-0.25, -0.2) is 0 Å². The molecule has 0 aliphatic heterocycles. The fraction of sp³-hybridized carbons (Fsp3) is 0.318. The number of aryl methyl sites for hydroxylation is 1. The highest BCUT2D eigenvalue weighted by molar-refractivity contribution is 7.99. The second kappa shape index (κ2) is 10.1. The van der Waals surface area contributed by atoms with E-state index in [4.69, 9.17) is 4.74 Å². The number of rotatable bonds is 9. The van der Waals surface area contributed by atoms with Gasteiger partial charge in [0.05, 0.1) is 5.75 Å². The van der Waals surface area contributed by atoms with E-state index in [1.165, 1.54) is 17.3 Å². The first-order valence-corrected chi connectivity index (χ1v) is 10.8. The van der Waals surface area contributed by atoms with Crippen molar-refractivity contribution in [3.8, 4) is 5.75 Å². The quantitative estimate of drug-likeness (QED) is 0.517. The Bertz CT molecular complexity index is 926. The van der Waals surface area contributed by atoms with Crippen LogP contribution < -0.4 is 10.1 Å². The third-order valence-corrected chi connectivity index (χ3v) is 5.43. The number of nitrogens with one attached hydrogen (secondary N) is 1. The minimum absolute atomic E-state index is 0.0694. The van der Waals surface area contributed by atoms with Gasteiger partial charge in [0.1, 0.15) is 5.75 Å². The maximum absolute atomic E-state index is 12.3. The van der Waals surface area contributed by atoms with Crippen LogP contribution >= 0.6 is 11.8 Å². The van der Waals surface area contributed by atoms with E-state index in [0.717, 1.165) is 23.7 Å². The number of benzene rings is 2. The van der Waals surface area contributed by atoms with Crippen LogP contribution in [-0.4, -0.2) is 26.4 Å². The average molecular weight is 411 g/mol. The van der Waals surface area contributed by atoms with Gasteiger partial charge in [-0.15, -0.1) is 10.2 Å². The van der Waals surface area contributed by atoms with Crippen molar-refractivity contribution in [2.24, 2.45) is 0 Å². The zero-order valence-corrected chi connectivity index (χ0v) is 17.8. The molecular formula is C22H26N4O2S. The van der Waals surface area contributed by atoms with E-state index in [-0.39, 0.29) is 17.8 Å². The van der Waals surface area contributed by atoms with Crippen molar-refractivity contribution in [2.45, 2.75) is 45.0 Å². The number of amides is 1. The number of hydrogen-bond donors (Lipinski definition) is 1. The summed E-state index contributed by atoms with van der Waals surface area (Å²) in [6.45, 7) is 6.78. The first-order chi connectivity index (χ1) is 14.1. The third kappa shape index (κ3) is 5.60. The summed E-state index contributed by atoms with van der Waals surface area (Å²) in [6.07, 6.45) is 0.732. The molecule has 29 heavy (non-hydrogen) atoms. The smallest absolute Gasteiger partial charge is 0.234 e. The van der Waals surface area contributed by atoms with Crippen molar-refractivity contribution in [1.29, 1.82) is 0 Å². The van der Waals surface area contributed by atoms with Crippen LogP contribution in [0.15, 0.2) is 59.8 Å². The number of nitrogens with zero attached hydrogens (tertiary/aromatic N) is 3. The van der Waals surface area contributed by atoms with Crippen LogP contribution in [0.4, 0.5) is 5.69 Å². The van der Waals surface area contributed by atoms with Crippen LogP contribution in [0.5, 0.6) is 5.75 Å². The van der Waals surface area contributed by atoms with Gasteiger partial charge >= 0.3 is 0 Å². The summed E-state index contributed by atoms with van der Waals surface area (Å²) >= 11 is 1.37. The van der Waals surface area contributed by atoms with Gasteiger partial charge in [0.25, 0.3) is 0 Å². The molecule has 0 bridgehead atoms. The lowest BCUT2D eigenvalue weighted by Gasteiger charge is -2.15. The van der Waals surface area contributed by atoms with Gasteiger partial charge in [0.15, 0.2) is 17.1 Å². The molecule has 1 N–H and O–H groups in total. The topological polar surface area (TPSA) is 69.0 Å². The lowest BCUT2D eigenvalue weighted by Crippen LogP contribution is -2.15. The van der Waals surface area contributed by atoms with Gasteiger partial charge in [-0.3, -0.25) is 4.79 Å². The molecule has 3 rings (SSSR count). The zero-order chi connectivity index (χ0) is 20.6. The number of hydrogen-bond acceptors (Lipinski definition) is 5. The van der Waals surface area contributed by atoms with E-state index < -0.39 is 0 Å². The Morgan fingerprint density at radius 1 is 1.10 bits per heavy atom. The lowest BCUT2D eigenvalue weighted by molar-refractivity contribution is -0.113. The molecule has 0 spiro atoms. The van der Waals surface area contributed by atoms with Gasteiger partial charge in [0.2, 0.25) is 5.91 Å². The molecule has 0 saturated carbocycles. The second-order valence-corrected chi connectivity index (χ2v) is 7.49. The molecule has 0 aliphatic carbocycles. The average Bonchev–Trinajstić information content (AvgIpc) is 3.16. The number of anilines is 1. The Labute approximate surface area is 175 Å². The molecule has 152 valence electrons. The molecular weight excluding hydrogens is 384 g/mol. The number of ether oxygens (including phenoxy) is 1. The molecule has 6 nitrogen and oxygen atoms in total. The predicted molar refractivity (Wildman–Crippen MR) is 116 cm³/mol. The maximum atomic E-state index is 12.3. The van der Waals surface area contributed by atoms with Crippen molar-refractivity contribution in [3.05, 3.63) is 66.0 Å². The molecule has 1 atom stereocenters. The normalized spacial score (nSPS) is 11.8. The van der Waals surface area contributed by atoms with Crippen LogP contribution in [0, 0.1) is 0 Å². The first-order valence-electron chi connectivity index (χ1n) is 9.77. The van der Waals surface area contributed by atoms with E-state index in [9.17, 15) is 4.79 Å². The highest BCUT2D eigenvalue weighted by atomic mass is 32.2. The Morgan fingerprint density at radius 2 is 1.83 bits per heavy atom. The highest BCUT2D eigenvalue weighted by Gasteiger charge is 2.19. The van der Waals surface area contributed by atoms with Crippen molar-refractivity contribution in [3.63, 3.8) is 0 Å². The molecule has 7 heteroatoms. The summed E-state index contributed by atoms with van der Waals surface area (Å²) in [5, 5.41) is 12.2. The Morgan fingerprint density at radius 3 is 2.48 bits per heavy atom. The van der Waals surface area contributed by atoms with Crippen LogP contribution in [-0.2, 0) is 17.8 Å². The Balaban J connectivity index is 1.60. The maximum Gasteiger partial charge on any atom is 0.234 e. The monoisotopic (exact) mass is 410 g/mol. The SMILES string of the molecule is CCc1ccc(NC(=O)CSc2nnc(C(C)Oc3ccccc3)n2CC)cc1. The van der Waals surface area contributed by atoms with Gasteiger partial charge in [-0.2, -0.15) is 0 Å². The molecule has 0 radical (unpaired) electrons. The van der Waals surface area contributed by atoms with Gasteiger partial charge in [-0.1, -0.05) is 49.0 Å². The van der Waals surface area contributed by atoms with Crippen LogP contribution in [0.1, 0.15) is 38.3 Å². The largest absolute Gasteiger partial charge is 0.483 e. The van der Waals surface area contributed by atoms with Gasteiger partial charge in [-0.05, 0) is 50.1 Å². The predicted octanol–water partition coefficient (Wildman–Crippen LogP) is 4.73. The van der Waals surface area contributed by atoms with Crippen LogP contribution in [0.25, 0.3) is 0 Å². The summed E-state index contributed by atoms with van der Waals surface area (Å²) in [4.78, 5) is 12.3. The molecule has 3 aromatic rings. The molecule has 0 fully saturated rings. The van der Waals surface area contributed by atoms with E-state index in [1.807, 2.05) is 73.0 Å². The fourth-order valence-corrected chi connectivity index (χ4v) is 3.72. The second-order valence-electron chi connectivity index (χ2n) is 6.55. The number of carbonyl (C=O) groups excluding carboxylic acids is 1. The number of carbonyl (C=O) groups is 1. The molecule has 0 saturated heterocycles. The van der Waals surface area contributed by atoms with E-state index in [2.05, 4.69) is 22.4 Å². The lowest BCUT2D eigenvalue weighted by atomic mass is 10.1. The van der Waals surface area contributed by atoms with Crippen molar-refractivity contribution in [2.75, 3.05) is 11.1 Å². The zero-order valence-electron chi connectivity index (χ0n) is 17.0. The summed E-state index contributed by atoms with van der Waals surface area (Å²) in [5.74, 6) is 1.73. The number of thioether (sulfide) groups is 1. The fourth-order valence-electron chi connectivity index (χ4n) is 2.91. The molecule has 1 amide bonds. The van der Waals surface area contributed by atoms with Crippen molar-refractivity contribution in [1.82, 2.24) is 14.8 Å². The highest BCUT2D eigenvalue weighted by Crippen LogP contribution is 2.24. The minimum atomic E-state index is -0.245. The van der Waals surface area contributed by atoms with E-state index in [0.29, 0.717) is 11.7 Å². The van der Waals surface area contributed by atoms with Crippen molar-refractivity contribution >= 4 is 23.4 Å². The number of para-hydroxylation sites is 1. The molecule has 0 aliphatic rings. The summed E-state index contributed by atoms with van der Waals surface area (Å²) in [5.41, 5.74) is 2.04.